The van der Waals surface area contributed by atoms with Gasteiger partial charge >= 0.3 is 0 Å². The van der Waals surface area contributed by atoms with Crippen molar-refractivity contribution in [1.29, 1.82) is 0 Å². The van der Waals surface area contributed by atoms with E-state index in [9.17, 15) is 0 Å². The Morgan fingerprint density at radius 3 is 2.58 bits per heavy atom. The third-order valence-electron chi connectivity index (χ3n) is 3.35. The molecule has 0 saturated carbocycles. The Bertz CT molecular complexity index is 345. The molecule has 1 atom stereocenters. The molecule has 1 N–H and O–H groups in total. The van der Waals surface area contributed by atoms with E-state index in [1.54, 1.807) is 0 Å². The van der Waals surface area contributed by atoms with E-state index in [0.29, 0.717) is 6.04 Å². The molecule has 106 valence electrons. The van der Waals surface area contributed by atoms with Gasteiger partial charge in [-0.05, 0) is 49.9 Å². The van der Waals surface area contributed by atoms with Gasteiger partial charge in [0.25, 0.3) is 0 Å². The van der Waals surface area contributed by atoms with Gasteiger partial charge in [-0.2, -0.15) is 0 Å². The van der Waals surface area contributed by atoms with Crippen molar-refractivity contribution in [3.8, 4) is 0 Å². The highest BCUT2D eigenvalue weighted by molar-refractivity contribution is 9.10. The van der Waals surface area contributed by atoms with E-state index in [1.165, 1.54) is 31.2 Å². The number of hydrogen-bond acceptors (Lipinski definition) is 1. The van der Waals surface area contributed by atoms with Crippen LogP contribution in [0.3, 0.4) is 0 Å². The second-order valence-corrected chi connectivity index (χ2v) is 5.93. The third kappa shape index (κ3) is 7.54. The SMILES string of the molecule is C=CCCCCCC(Cc1ccc(Br)cc1)NCC. The summed E-state index contributed by atoms with van der Waals surface area (Å²) in [7, 11) is 0. The highest BCUT2D eigenvalue weighted by atomic mass is 79.9. The molecular weight excluding hydrogens is 298 g/mol. The van der Waals surface area contributed by atoms with Gasteiger partial charge in [-0.25, -0.2) is 0 Å². The van der Waals surface area contributed by atoms with E-state index in [1.807, 2.05) is 6.08 Å². The lowest BCUT2D eigenvalue weighted by Gasteiger charge is -2.18. The van der Waals surface area contributed by atoms with Crippen molar-refractivity contribution in [2.45, 2.75) is 51.5 Å². The van der Waals surface area contributed by atoms with Crippen LogP contribution in [0.1, 0.15) is 44.6 Å². The fourth-order valence-electron chi connectivity index (χ4n) is 2.33. The van der Waals surface area contributed by atoms with Crippen molar-refractivity contribution in [2.24, 2.45) is 0 Å². The molecule has 0 aliphatic heterocycles. The summed E-state index contributed by atoms with van der Waals surface area (Å²) in [5, 5.41) is 3.60. The first kappa shape index (κ1) is 16.5. The first-order valence-corrected chi connectivity index (χ1v) is 8.14. The Kier molecular flexibility index (Phi) is 8.85. The third-order valence-corrected chi connectivity index (χ3v) is 3.88. The molecule has 1 aromatic rings. The highest BCUT2D eigenvalue weighted by Gasteiger charge is 2.08. The molecule has 1 rings (SSSR count). The van der Waals surface area contributed by atoms with Gasteiger partial charge in [-0.1, -0.05) is 53.9 Å². The quantitative estimate of drug-likeness (QED) is 0.466. The summed E-state index contributed by atoms with van der Waals surface area (Å²) in [6, 6.07) is 9.29. The molecule has 0 amide bonds. The second kappa shape index (κ2) is 10.2. The van der Waals surface area contributed by atoms with Crippen LogP contribution >= 0.6 is 15.9 Å². The maximum atomic E-state index is 3.77. The first-order chi connectivity index (χ1) is 9.26. The van der Waals surface area contributed by atoms with Crippen LogP contribution in [0.2, 0.25) is 0 Å². The van der Waals surface area contributed by atoms with Gasteiger partial charge in [0, 0.05) is 10.5 Å². The normalized spacial score (nSPS) is 12.3. The lowest BCUT2D eigenvalue weighted by Crippen LogP contribution is -2.30. The first-order valence-electron chi connectivity index (χ1n) is 7.35. The average Bonchev–Trinajstić information content (AvgIpc) is 2.41. The van der Waals surface area contributed by atoms with Crippen LogP contribution in [0.25, 0.3) is 0 Å². The van der Waals surface area contributed by atoms with Crippen LogP contribution in [0, 0.1) is 0 Å². The van der Waals surface area contributed by atoms with Crippen LogP contribution in [0.5, 0.6) is 0 Å². The van der Waals surface area contributed by atoms with Gasteiger partial charge < -0.3 is 5.32 Å². The molecule has 0 saturated heterocycles. The second-order valence-electron chi connectivity index (χ2n) is 5.01. The smallest absolute Gasteiger partial charge is 0.0175 e. The van der Waals surface area contributed by atoms with Crippen LogP contribution in [-0.4, -0.2) is 12.6 Å². The molecule has 1 aromatic carbocycles. The number of unbranched alkanes of at least 4 members (excludes halogenated alkanes) is 3. The van der Waals surface area contributed by atoms with E-state index < -0.39 is 0 Å². The Morgan fingerprint density at radius 2 is 1.95 bits per heavy atom. The standard InChI is InChI=1S/C17H26BrN/c1-3-5-6-7-8-9-17(19-4-2)14-15-10-12-16(18)13-11-15/h3,10-13,17,19H,1,4-9,14H2,2H3. The minimum absolute atomic E-state index is 0.606. The number of rotatable bonds is 10. The van der Waals surface area contributed by atoms with Crippen LogP contribution < -0.4 is 5.32 Å². The monoisotopic (exact) mass is 323 g/mol. The molecule has 0 aliphatic carbocycles. The van der Waals surface area contributed by atoms with Crippen molar-refractivity contribution >= 4 is 15.9 Å². The molecule has 1 nitrogen and oxygen atoms in total. The molecule has 19 heavy (non-hydrogen) atoms. The van der Waals surface area contributed by atoms with Gasteiger partial charge in [0.05, 0.1) is 0 Å². The minimum atomic E-state index is 0.606. The Balaban J connectivity index is 2.34. The molecule has 0 radical (unpaired) electrons. The van der Waals surface area contributed by atoms with E-state index in [4.69, 9.17) is 0 Å². The molecule has 0 bridgehead atoms. The number of halogens is 1. The molecule has 0 fully saturated rings. The van der Waals surface area contributed by atoms with Crippen molar-refractivity contribution in [1.82, 2.24) is 5.32 Å². The summed E-state index contributed by atoms with van der Waals surface area (Å²) in [6.45, 7) is 7.01. The fourth-order valence-corrected chi connectivity index (χ4v) is 2.59. The maximum absolute atomic E-state index is 3.77. The highest BCUT2D eigenvalue weighted by Crippen LogP contribution is 2.14. The molecule has 0 aliphatic rings. The van der Waals surface area contributed by atoms with Crippen LogP contribution in [0.15, 0.2) is 41.4 Å². The predicted molar refractivity (Wildman–Crippen MR) is 88.6 cm³/mol. The van der Waals surface area contributed by atoms with Crippen LogP contribution in [0.4, 0.5) is 0 Å². The summed E-state index contributed by atoms with van der Waals surface area (Å²) >= 11 is 3.48. The molecule has 0 aromatic heterocycles. The zero-order chi connectivity index (χ0) is 13.9. The Hall–Kier alpha value is -0.600. The maximum Gasteiger partial charge on any atom is 0.0175 e. The topological polar surface area (TPSA) is 12.0 Å². The predicted octanol–water partition coefficient (Wildman–Crippen LogP) is 5.11. The number of nitrogens with one attached hydrogen (secondary N) is 1. The number of benzene rings is 1. The molecule has 2 heteroatoms. The van der Waals surface area contributed by atoms with E-state index in [-0.39, 0.29) is 0 Å². The van der Waals surface area contributed by atoms with Crippen molar-refractivity contribution in [2.75, 3.05) is 6.54 Å². The lowest BCUT2D eigenvalue weighted by atomic mass is 10.00. The lowest BCUT2D eigenvalue weighted by molar-refractivity contribution is 0.464. The van der Waals surface area contributed by atoms with Gasteiger partial charge in [0.15, 0.2) is 0 Å². The average molecular weight is 324 g/mol. The Labute approximate surface area is 126 Å². The summed E-state index contributed by atoms with van der Waals surface area (Å²) in [6.07, 6.45) is 9.46. The zero-order valence-corrected chi connectivity index (χ0v) is 13.6. The minimum Gasteiger partial charge on any atom is -0.314 e. The summed E-state index contributed by atoms with van der Waals surface area (Å²) in [4.78, 5) is 0. The Morgan fingerprint density at radius 1 is 1.21 bits per heavy atom. The van der Waals surface area contributed by atoms with E-state index in [2.05, 4.69) is 59.0 Å². The van der Waals surface area contributed by atoms with Crippen molar-refractivity contribution in [3.63, 3.8) is 0 Å². The summed E-state index contributed by atoms with van der Waals surface area (Å²) < 4.78 is 1.15. The van der Waals surface area contributed by atoms with Gasteiger partial charge in [-0.15, -0.1) is 6.58 Å². The van der Waals surface area contributed by atoms with Crippen molar-refractivity contribution < 1.29 is 0 Å². The zero-order valence-electron chi connectivity index (χ0n) is 12.0. The number of allylic oxidation sites excluding steroid dienone is 1. The largest absolute Gasteiger partial charge is 0.314 e. The van der Waals surface area contributed by atoms with E-state index in [0.717, 1.165) is 23.9 Å². The van der Waals surface area contributed by atoms with Gasteiger partial charge in [0.2, 0.25) is 0 Å². The molecule has 1 unspecified atom stereocenters. The van der Waals surface area contributed by atoms with Crippen molar-refractivity contribution in [3.05, 3.63) is 47.0 Å². The van der Waals surface area contributed by atoms with Crippen LogP contribution in [-0.2, 0) is 6.42 Å². The fraction of sp³-hybridized carbons (Fsp3) is 0.529. The molecule has 0 spiro atoms. The summed E-state index contributed by atoms with van der Waals surface area (Å²) in [5.41, 5.74) is 1.42. The number of likely N-dealkylation sites (N-methyl/N-ethyl adjacent to an activating group) is 1. The summed E-state index contributed by atoms with van der Waals surface area (Å²) in [5.74, 6) is 0. The van der Waals surface area contributed by atoms with E-state index >= 15 is 0 Å². The van der Waals surface area contributed by atoms with Gasteiger partial charge in [-0.3, -0.25) is 0 Å². The molecule has 0 heterocycles. The van der Waals surface area contributed by atoms with Gasteiger partial charge in [0.1, 0.15) is 0 Å². The molecular formula is C17H26BrN. The number of hydrogen-bond donors (Lipinski definition) is 1.